The summed E-state index contributed by atoms with van der Waals surface area (Å²) in [7, 11) is 0. The largest absolute Gasteiger partial charge is 0.399 e. The monoisotopic (exact) mass is 279 g/mol. The van der Waals surface area contributed by atoms with Crippen LogP contribution >= 0.6 is 23.1 Å². The average molecular weight is 279 g/mol. The molecule has 1 aromatic carbocycles. The Morgan fingerprint density at radius 3 is 3.00 bits per heavy atom. The highest BCUT2D eigenvalue weighted by Crippen LogP contribution is 2.28. The first-order valence-corrected chi connectivity index (χ1v) is 8.26. The molecule has 0 saturated carbocycles. The lowest BCUT2D eigenvalue weighted by Gasteiger charge is -2.21. The van der Waals surface area contributed by atoms with Crippen molar-refractivity contribution in [2.75, 3.05) is 29.1 Å². The Kier molecular flexibility index (Phi) is 3.61. The van der Waals surface area contributed by atoms with Gasteiger partial charge >= 0.3 is 0 Å². The molecular weight excluding hydrogens is 262 g/mol. The van der Waals surface area contributed by atoms with Crippen LogP contribution in [0.4, 0.5) is 10.8 Å². The molecule has 0 unspecified atom stereocenters. The van der Waals surface area contributed by atoms with Gasteiger partial charge in [-0.3, -0.25) is 0 Å². The minimum Gasteiger partial charge on any atom is -0.399 e. The predicted molar refractivity (Wildman–Crippen MR) is 82.6 cm³/mol. The van der Waals surface area contributed by atoms with Gasteiger partial charge in [0, 0.05) is 12.2 Å². The second-order valence-corrected chi connectivity index (χ2v) is 6.94. The highest BCUT2D eigenvalue weighted by Gasteiger charge is 2.14. The number of nitrogens with zero attached hydrogens (tertiary/aromatic N) is 1. The third kappa shape index (κ3) is 2.72. The molecule has 2 aromatic rings. The number of thiazole rings is 1. The van der Waals surface area contributed by atoms with Crippen LogP contribution in [-0.4, -0.2) is 23.0 Å². The highest BCUT2D eigenvalue weighted by molar-refractivity contribution is 7.99. The van der Waals surface area contributed by atoms with Crippen molar-refractivity contribution in [1.29, 1.82) is 0 Å². The molecule has 1 aliphatic rings. The molecule has 1 saturated heterocycles. The van der Waals surface area contributed by atoms with E-state index >= 15 is 0 Å². The molecule has 0 radical (unpaired) electrons. The number of nitrogens with one attached hydrogen (secondary N) is 1. The fourth-order valence-corrected chi connectivity index (χ4v) is 4.32. The fourth-order valence-electron chi connectivity index (χ4n) is 2.20. The minimum absolute atomic E-state index is 0.807. The van der Waals surface area contributed by atoms with Crippen molar-refractivity contribution in [2.45, 2.75) is 12.8 Å². The summed E-state index contributed by atoms with van der Waals surface area (Å²) in [6, 6.07) is 5.89. The van der Waals surface area contributed by atoms with Crippen molar-refractivity contribution in [3.05, 3.63) is 18.2 Å². The van der Waals surface area contributed by atoms with Gasteiger partial charge in [0.1, 0.15) is 0 Å². The van der Waals surface area contributed by atoms with Crippen molar-refractivity contribution < 1.29 is 0 Å². The van der Waals surface area contributed by atoms with Gasteiger partial charge in [-0.15, -0.1) is 0 Å². The molecule has 1 aliphatic heterocycles. The molecule has 0 amide bonds. The SMILES string of the molecule is Nc1ccc2nc(NCC3CCSCC3)sc2c1. The number of fused-ring (bicyclic) bond motifs is 1. The van der Waals surface area contributed by atoms with Gasteiger partial charge < -0.3 is 11.1 Å². The number of nitrogens with two attached hydrogens (primary N) is 1. The number of rotatable bonds is 3. The smallest absolute Gasteiger partial charge is 0.183 e. The van der Waals surface area contributed by atoms with E-state index in [1.807, 2.05) is 18.2 Å². The van der Waals surface area contributed by atoms with Crippen LogP contribution in [0.1, 0.15) is 12.8 Å². The van der Waals surface area contributed by atoms with Crippen molar-refractivity contribution in [2.24, 2.45) is 5.92 Å². The highest BCUT2D eigenvalue weighted by atomic mass is 32.2. The van der Waals surface area contributed by atoms with E-state index in [9.17, 15) is 0 Å². The molecular formula is C13H17N3S2. The molecule has 1 aromatic heterocycles. The zero-order valence-electron chi connectivity index (χ0n) is 10.2. The topological polar surface area (TPSA) is 50.9 Å². The molecule has 2 heterocycles. The normalized spacial score (nSPS) is 17.1. The summed E-state index contributed by atoms with van der Waals surface area (Å²) < 4.78 is 1.16. The van der Waals surface area contributed by atoms with E-state index in [-0.39, 0.29) is 0 Å². The Balaban J connectivity index is 1.67. The van der Waals surface area contributed by atoms with Gasteiger partial charge in [-0.25, -0.2) is 4.98 Å². The molecule has 18 heavy (non-hydrogen) atoms. The van der Waals surface area contributed by atoms with Crippen LogP contribution in [0.5, 0.6) is 0 Å². The molecule has 1 fully saturated rings. The summed E-state index contributed by atoms with van der Waals surface area (Å²) in [4.78, 5) is 4.58. The Bertz CT molecular complexity index is 532. The van der Waals surface area contributed by atoms with E-state index in [2.05, 4.69) is 22.1 Å². The molecule has 0 aliphatic carbocycles. The van der Waals surface area contributed by atoms with E-state index in [1.165, 1.54) is 24.3 Å². The Hall–Kier alpha value is -0.940. The van der Waals surface area contributed by atoms with Gasteiger partial charge in [-0.1, -0.05) is 11.3 Å². The summed E-state index contributed by atoms with van der Waals surface area (Å²) in [5, 5.41) is 4.50. The standard InChI is InChI=1S/C13H17N3S2/c14-10-1-2-11-12(7-10)18-13(16-11)15-8-9-3-5-17-6-4-9/h1-2,7,9H,3-6,8,14H2,(H,15,16). The minimum atomic E-state index is 0.807. The molecule has 0 bridgehead atoms. The first kappa shape index (κ1) is 12.1. The summed E-state index contributed by atoms with van der Waals surface area (Å²) in [6.07, 6.45) is 2.66. The van der Waals surface area contributed by atoms with Crippen LogP contribution in [-0.2, 0) is 0 Å². The second kappa shape index (κ2) is 5.36. The maximum Gasteiger partial charge on any atom is 0.183 e. The van der Waals surface area contributed by atoms with E-state index < -0.39 is 0 Å². The van der Waals surface area contributed by atoms with Crippen molar-refractivity contribution in [1.82, 2.24) is 4.98 Å². The van der Waals surface area contributed by atoms with Gasteiger partial charge in [0.2, 0.25) is 0 Å². The van der Waals surface area contributed by atoms with Crippen LogP contribution in [0.25, 0.3) is 10.2 Å². The van der Waals surface area contributed by atoms with E-state index in [4.69, 9.17) is 5.73 Å². The Morgan fingerprint density at radius 1 is 1.33 bits per heavy atom. The fraction of sp³-hybridized carbons (Fsp3) is 0.462. The molecule has 3 N–H and O–H groups in total. The summed E-state index contributed by atoms with van der Waals surface area (Å²) in [6.45, 7) is 1.05. The lowest BCUT2D eigenvalue weighted by atomic mass is 10.0. The summed E-state index contributed by atoms with van der Waals surface area (Å²) in [5.41, 5.74) is 7.63. The zero-order chi connectivity index (χ0) is 12.4. The Labute approximate surface area is 115 Å². The molecule has 3 rings (SSSR count). The Morgan fingerprint density at radius 2 is 2.17 bits per heavy atom. The van der Waals surface area contributed by atoms with Crippen LogP contribution in [0.15, 0.2) is 18.2 Å². The first-order chi connectivity index (χ1) is 8.81. The number of anilines is 2. The van der Waals surface area contributed by atoms with E-state index in [0.717, 1.165) is 33.5 Å². The third-order valence-electron chi connectivity index (χ3n) is 3.30. The number of benzene rings is 1. The molecule has 0 spiro atoms. The van der Waals surface area contributed by atoms with Crippen LogP contribution < -0.4 is 11.1 Å². The number of nitrogen functional groups attached to an aromatic ring is 1. The van der Waals surface area contributed by atoms with Crippen molar-refractivity contribution >= 4 is 44.1 Å². The number of thioether (sulfide) groups is 1. The van der Waals surface area contributed by atoms with E-state index in [1.54, 1.807) is 11.3 Å². The number of hydrogen-bond donors (Lipinski definition) is 2. The van der Waals surface area contributed by atoms with Gasteiger partial charge in [0.15, 0.2) is 5.13 Å². The number of aromatic nitrogens is 1. The summed E-state index contributed by atoms with van der Waals surface area (Å²) >= 11 is 3.76. The zero-order valence-corrected chi connectivity index (χ0v) is 11.8. The van der Waals surface area contributed by atoms with E-state index in [0.29, 0.717) is 0 Å². The van der Waals surface area contributed by atoms with Crippen LogP contribution in [0.2, 0.25) is 0 Å². The number of hydrogen-bond acceptors (Lipinski definition) is 5. The van der Waals surface area contributed by atoms with Crippen molar-refractivity contribution in [3.63, 3.8) is 0 Å². The van der Waals surface area contributed by atoms with Gasteiger partial charge in [0.25, 0.3) is 0 Å². The lowest BCUT2D eigenvalue weighted by molar-refractivity contribution is 0.516. The van der Waals surface area contributed by atoms with Gasteiger partial charge in [-0.2, -0.15) is 11.8 Å². The quantitative estimate of drug-likeness (QED) is 0.845. The predicted octanol–water partition coefficient (Wildman–Crippen LogP) is 3.43. The maximum atomic E-state index is 5.78. The van der Waals surface area contributed by atoms with Crippen LogP contribution in [0.3, 0.4) is 0 Å². The van der Waals surface area contributed by atoms with Gasteiger partial charge in [-0.05, 0) is 48.5 Å². The third-order valence-corrected chi connectivity index (χ3v) is 5.32. The molecule has 96 valence electrons. The van der Waals surface area contributed by atoms with Crippen molar-refractivity contribution in [3.8, 4) is 0 Å². The maximum absolute atomic E-state index is 5.78. The molecule has 3 nitrogen and oxygen atoms in total. The average Bonchev–Trinajstić information content (AvgIpc) is 2.79. The molecule has 5 heteroatoms. The summed E-state index contributed by atoms with van der Waals surface area (Å²) in [5.74, 6) is 3.43. The second-order valence-electron chi connectivity index (χ2n) is 4.68. The lowest BCUT2D eigenvalue weighted by Crippen LogP contribution is -2.18. The first-order valence-electron chi connectivity index (χ1n) is 6.29. The van der Waals surface area contributed by atoms with Crippen LogP contribution in [0, 0.1) is 5.92 Å². The van der Waals surface area contributed by atoms with Gasteiger partial charge in [0.05, 0.1) is 10.2 Å². The molecule has 0 atom stereocenters.